The topological polar surface area (TPSA) is 29.3 Å². The van der Waals surface area contributed by atoms with E-state index in [1.807, 2.05) is 0 Å². The van der Waals surface area contributed by atoms with Crippen LogP contribution in [0.3, 0.4) is 0 Å². The molecule has 1 saturated carbocycles. The summed E-state index contributed by atoms with van der Waals surface area (Å²) in [5.74, 6) is 0.806. The van der Waals surface area contributed by atoms with Crippen molar-refractivity contribution in [3.05, 3.63) is 0 Å². The average Bonchev–Trinajstić information content (AvgIpc) is 2.55. The molecule has 1 unspecified atom stereocenters. The van der Waals surface area contributed by atoms with Crippen molar-refractivity contribution in [2.75, 3.05) is 26.7 Å². The third-order valence-corrected chi connectivity index (χ3v) is 4.52. The molecule has 2 heteroatoms. The molecule has 0 bridgehead atoms. The van der Waals surface area contributed by atoms with Crippen LogP contribution in [0.15, 0.2) is 0 Å². The van der Waals surface area contributed by atoms with E-state index in [0.29, 0.717) is 5.41 Å². The second-order valence-corrected chi connectivity index (χ2v) is 6.33. The number of nitrogens with zero attached hydrogens (tertiary/aromatic N) is 1. The van der Waals surface area contributed by atoms with Gasteiger partial charge < -0.3 is 10.6 Å². The van der Waals surface area contributed by atoms with Crippen LogP contribution in [0.2, 0.25) is 0 Å². The molecule has 0 aromatic carbocycles. The summed E-state index contributed by atoms with van der Waals surface area (Å²) in [5, 5.41) is 0. The predicted molar refractivity (Wildman–Crippen MR) is 76.1 cm³/mol. The lowest BCUT2D eigenvalue weighted by Gasteiger charge is -2.36. The lowest BCUT2D eigenvalue weighted by molar-refractivity contribution is 0.144. The summed E-state index contributed by atoms with van der Waals surface area (Å²) in [5.41, 5.74) is 6.51. The van der Waals surface area contributed by atoms with Gasteiger partial charge in [0.1, 0.15) is 0 Å². The fraction of sp³-hybridized carbons (Fsp3) is 1.00. The molecule has 0 aliphatic heterocycles. The highest BCUT2D eigenvalue weighted by Gasteiger charge is 2.30. The van der Waals surface area contributed by atoms with Gasteiger partial charge in [0.05, 0.1) is 0 Å². The monoisotopic (exact) mass is 240 g/mol. The van der Waals surface area contributed by atoms with E-state index in [0.717, 1.165) is 12.5 Å². The van der Waals surface area contributed by atoms with Gasteiger partial charge in [-0.15, -0.1) is 0 Å². The zero-order valence-electron chi connectivity index (χ0n) is 12.2. The lowest BCUT2D eigenvalue weighted by Crippen LogP contribution is -2.42. The summed E-state index contributed by atoms with van der Waals surface area (Å²) in [6.07, 6.45) is 9.55. The zero-order chi connectivity index (χ0) is 12.7. The molecule has 0 saturated heterocycles. The number of rotatable bonds is 6. The molecule has 1 atom stereocenters. The van der Waals surface area contributed by atoms with Gasteiger partial charge >= 0.3 is 0 Å². The maximum absolute atomic E-state index is 6.09. The van der Waals surface area contributed by atoms with Gasteiger partial charge in [-0.3, -0.25) is 0 Å². The molecule has 1 aliphatic carbocycles. The van der Waals surface area contributed by atoms with Crippen LogP contribution >= 0.6 is 0 Å². The molecule has 0 aromatic heterocycles. The Morgan fingerprint density at radius 1 is 1.18 bits per heavy atom. The molecule has 0 radical (unpaired) electrons. The van der Waals surface area contributed by atoms with Crippen molar-refractivity contribution in [2.45, 2.75) is 58.8 Å². The van der Waals surface area contributed by atoms with E-state index < -0.39 is 0 Å². The van der Waals surface area contributed by atoms with Crippen molar-refractivity contribution >= 4 is 0 Å². The Bertz CT molecular complexity index is 195. The fourth-order valence-corrected chi connectivity index (χ4v) is 3.20. The molecule has 1 fully saturated rings. The summed E-state index contributed by atoms with van der Waals surface area (Å²) < 4.78 is 0. The van der Waals surface area contributed by atoms with Gasteiger partial charge in [-0.2, -0.15) is 0 Å². The van der Waals surface area contributed by atoms with Gasteiger partial charge in [-0.05, 0) is 37.8 Å². The Morgan fingerprint density at radius 3 is 2.24 bits per heavy atom. The highest BCUT2D eigenvalue weighted by molar-refractivity contribution is 4.85. The highest BCUT2D eigenvalue weighted by atomic mass is 15.1. The Kier molecular flexibility index (Phi) is 6.50. The normalized spacial score (nSPS) is 22.4. The third kappa shape index (κ3) is 4.97. The van der Waals surface area contributed by atoms with Crippen molar-refractivity contribution in [1.29, 1.82) is 0 Å². The SMILES string of the molecule is CCC(C)CN(C)CC1(CN)CCCCCC1. The minimum atomic E-state index is 0.415. The van der Waals surface area contributed by atoms with E-state index in [1.54, 1.807) is 0 Å². The van der Waals surface area contributed by atoms with E-state index in [-0.39, 0.29) is 0 Å². The fourth-order valence-electron chi connectivity index (χ4n) is 3.20. The van der Waals surface area contributed by atoms with Gasteiger partial charge in [0.25, 0.3) is 0 Å². The molecule has 102 valence electrons. The molecule has 0 amide bonds. The number of hydrogen-bond acceptors (Lipinski definition) is 2. The van der Waals surface area contributed by atoms with Gasteiger partial charge in [0.2, 0.25) is 0 Å². The molecular weight excluding hydrogens is 208 g/mol. The van der Waals surface area contributed by atoms with Gasteiger partial charge in [-0.1, -0.05) is 46.0 Å². The van der Waals surface area contributed by atoms with E-state index in [4.69, 9.17) is 5.73 Å². The molecule has 2 N–H and O–H groups in total. The van der Waals surface area contributed by atoms with Crippen molar-refractivity contribution in [3.63, 3.8) is 0 Å². The van der Waals surface area contributed by atoms with Crippen molar-refractivity contribution in [3.8, 4) is 0 Å². The minimum absolute atomic E-state index is 0.415. The molecule has 0 aromatic rings. The first kappa shape index (κ1) is 15.0. The highest BCUT2D eigenvalue weighted by Crippen LogP contribution is 2.34. The van der Waals surface area contributed by atoms with Gasteiger partial charge in [0, 0.05) is 13.1 Å². The molecule has 0 spiro atoms. The van der Waals surface area contributed by atoms with E-state index >= 15 is 0 Å². The summed E-state index contributed by atoms with van der Waals surface area (Å²) in [4.78, 5) is 2.52. The standard InChI is InChI=1S/C15H32N2/c1-4-14(2)11-17(3)13-15(12-16)9-7-5-6-8-10-15/h14H,4-13,16H2,1-3H3. The van der Waals surface area contributed by atoms with Crippen LogP contribution < -0.4 is 5.73 Å². The molecule has 1 aliphatic rings. The molecule has 17 heavy (non-hydrogen) atoms. The Morgan fingerprint density at radius 2 is 1.76 bits per heavy atom. The Hall–Kier alpha value is -0.0800. The molecule has 1 rings (SSSR count). The first-order chi connectivity index (χ1) is 8.12. The minimum Gasteiger partial charge on any atom is -0.330 e. The molecule has 2 nitrogen and oxygen atoms in total. The second-order valence-electron chi connectivity index (χ2n) is 6.33. The van der Waals surface area contributed by atoms with Crippen LogP contribution in [0, 0.1) is 11.3 Å². The van der Waals surface area contributed by atoms with Crippen LogP contribution in [-0.4, -0.2) is 31.6 Å². The second kappa shape index (κ2) is 7.38. The Balaban J connectivity index is 2.48. The maximum atomic E-state index is 6.09. The van der Waals surface area contributed by atoms with Gasteiger partial charge in [0.15, 0.2) is 0 Å². The average molecular weight is 240 g/mol. The zero-order valence-corrected chi connectivity index (χ0v) is 12.2. The first-order valence-corrected chi connectivity index (χ1v) is 7.50. The van der Waals surface area contributed by atoms with Crippen LogP contribution in [0.5, 0.6) is 0 Å². The van der Waals surface area contributed by atoms with Crippen LogP contribution in [0.4, 0.5) is 0 Å². The van der Waals surface area contributed by atoms with E-state index in [2.05, 4.69) is 25.8 Å². The predicted octanol–water partition coefficient (Wildman–Crippen LogP) is 3.26. The number of hydrogen-bond donors (Lipinski definition) is 1. The molecular formula is C15H32N2. The third-order valence-electron chi connectivity index (χ3n) is 4.52. The smallest absolute Gasteiger partial charge is 0.00471 e. The summed E-state index contributed by atoms with van der Waals surface area (Å²) in [6.45, 7) is 7.92. The van der Waals surface area contributed by atoms with E-state index in [9.17, 15) is 0 Å². The Labute approximate surface area is 108 Å². The van der Waals surface area contributed by atoms with Crippen molar-refractivity contribution in [1.82, 2.24) is 4.90 Å². The van der Waals surface area contributed by atoms with Crippen LogP contribution in [0.1, 0.15) is 58.8 Å². The molecule has 0 heterocycles. The summed E-state index contributed by atoms with van der Waals surface area (Å²) >= 11 is 0. The quantitative estimate of drug-likeness (QED) is 0.722. The summed E-state index contributed by atoms with van der Waals surface area (Å²) in [7, 11) is 2.27. The summed E-state index contributed by atoms with van der Waals surface area (Å²) in [6, 6.07) is 0. The maximum Gasteiger partial charge on any atom is 0.00471 e. The van der Waals surface area contributed by atoms with Crippen LogP contribution in [0.25, 0.3) is 0 Å². The largest absolute Gasteiger partial charge is 0.330 e. The first-order valence-electron chi connectivity index (χ1n) is 7.50. The van der Waals surface area contributed by atoms with Gasteiger partial charge in [-0.25, -0.2) is 0 Å². The lowest BCUT2D eigenvalue weighted by atomic mass is 9.80. The van der Waals surface area contributed by atoms with Crippen LogP contribution in [-0.2, 0) is 0 Å². The number of nitrogens with two attached hydrogens (primary N) is 1. The van der Waals surface area contributed by atoms with Crippen molar-refractivity contribution in [2.24, 2.45) is 17.1 Å². The van der Waals surface area contributed by atoms with E-state index in [1.165, 1.54) is 58.0 Å². The van der Waals surface area contributed by atoms with Crippen molar-refractivity contribution < 1.29 is 0 Å².